The molecule has 0 atom stereocenters. The maximum Gasteiger partial charge on any atom is 0.335 e. The van der Waals surface area contributed by atoms with E-state index in [9.17, 15) is 9.59 Å². The Labute approximate surface area is 119 Å². The van der Waals surface area contributed by atoms with Crippen molar-refractivity contribution in [2.24, 2.45) is 5.41 Å². The fraction of sp³-hybridized carbons (Fsp3) is 0.500. The molecule has 1 saturated carbocycles. The van der Waals surface area contributed by atoms with Gasteiger partial charge in [-0.15, -0.1) is 0 Å². The van der Waals surface area contributed by atoms with E-state index < -0.39 is 5.97 Å². The number of hydrogen-bond donors (Lipinski definition) is 2. The quantitative estimate of drug-likeness (QED) is 0.804. The number of aryl methyl sites for hydroxylation is 1. The molecule has 0 saturated heterocycles. The average Bonchev–Trinajstić information content (AvgIpc) is 3.24. The fourth-order valence-electron chi connectivity index (χ4n) is 2.40. The molecule has 1 fully saturated rings. The average molecular weight is 275 g/mol. The third-order valence-corrected chi connectivity index (χ3v) is 4.24. The molecule has 0 unspecified atom stereocenters. The monoisotopic (exact) mass is 275 g/mol. The Hall–Kier alpha value is -1.84. The molecule has 0 radical (unpaired) electrons. The molecule has 0 aromatic heterocycles. The Kier molecular flexibility index (Phi) is 4.42. The minimum absolute atomic E-state index is 0.00455. The van der Waals surface area contributed by atoms with Gasteiger partial charge in [-0.1, -0.05) is 25.1 Å². The molecular weight excluding hydrogens is 254 g/mol. The van der Waals surface area contributed by atoms with Crippen LogP contribution in [0.25, 0.3) is 0 Å². The zero-order valence-electron chi connectivity index (χ0n) is 11.8. The van der Waals surface area contributed by atoms with Gasteiger partial charge in [0.25, 0.3) is 0 Å². The second kappa shape index (κ2) is 6.07. The smallest absolute Gasteiger partial charge is 0.335 e. The van der Waals surface area contributed by atoms with Gasteiger partial charge in [-0.25, -0.2) is 4.79 Å². The van der Waals surface area contributed by atoms with Gasteiger partial charge >= 0.3 is 5.97 Å². The number of carbonyl (C=O) groups excluding carboxylic acids is 1. The molecule has 0 heterocycles. The van der Waals surface area contributed by atoms with Crippen LogP contribution in [-0.4, -0.2) is 23.5 Å². The lowest BCUT2D eigenvalue weighted by molar-refractivity contribution is -0.121. The van der Waals surface area contributed by atoms with Crippen LogP contribution in [0, 0.1) is 5.41 Å². The first-order chi connectivity index (χ1) is 9.56. The third-order valence-electron chi connectivity index (χ3n) is 4.24. The molecule has 1 aromatic carbocycles. The maximum atomic E-state index is 11.8. The number of carboxylic acids is 1. The van der Waals surface area contributed by atoms with Gasteiger partial charge in [0, 0.05) is 13.0 Å². The van der Waals surface area contributed by atoms with E-state index in [-0.39, 0.29) is 11.5 Å². The zero-order valence-corrected chi connectivity index (χ0v) is 11.8. The fourth-order valence-corrected chi connectivity index (χ4v) is 2.40. The molecule has 1 aliphatic carbocycles. The molecule has 4 nitrogen and oxygen atoms in total. The summed E-state index contributed by atoms with van der Waals surface area (Å²) in [6.07, 6.45) is 4.31. The first kappa shape index (κ1) is 14.6. The number of rotatable bonds is 7. The number of amides is 1. The van der Waals surface area contributed by atoms with Crippen molar-refractivity contribution in [2.75, 3.05) is 6.54 Å². The highest BCUT2D eigenvalue weighted by Gasteiger charge is 2.40. The Balaban J connectivity index is 1.83. The van der Waals surface area contributed by atoms with E-state index >= 15 is 0 Å². The van der Waals surface area contributed by atoms with Crippen LogP contribution in [0.5, 0.6) is 0 Å². The molecule has 2 rings (SSSR count). The summed E-state index contributed by atoms with van der Waals surface area (Å²) in [5, 5.41) is 12.0. The number of hydrogen-bond acceptors (Lipinski definition) is 2. The number of nitrogens with one attached hydrogen (secondary N) is 1. The van der Waals surface area contributed by atoms with E-state index in [1.165, 1.54) is 12.8 Å². The van der Waals surface area contributed by atoms with Crippen LogP contribution in [0.3, 0.4) is 0 Å². The lowest BCUT2D eigenvalue weighted by Gasteiger charge is -2.13. The van der Waals surface area contributed by atoms with E-state index in [2.05, 4.69) is 12.2 Å². The summed E-state index contributed by atoms with van der Waals surface area (Å²) < 4.78 is 0. The summed E-state index contributed by atoms with van der Waals surface area (Å²) in [6.45, 7) is 2.91. The normalized spacial score (nSPS) is 15.7. The highest BCUT2D eigenvalue weighted by Crippen LogP contribution is 2.47. The van der Waals surface area contributed by atoms with E-state index in [0.29, 0.717) is 23.8 Å². The summed E-state index contributed by atoms with van der Waals surface area (Å²) in [5.41, 5.74) is 1.34. The summed E-state index contributed by atoms with van der Waals surface area (Å²) >= 11 is 0. The Morgan fingerprint density at radius 3 is 2.60 bits per heavy atom. The minimum atomic E-state index is -0.941. The zero-order chi connectivity index (χ0) is 14.6. The first-order valence-corrected chi connectivity index (χ1v) is 7.14. The molecule has 1 aromatic rings. The standard InChI is InChI=1S/C16H21NO3/c1-2-16(9-10-16)11-17-14(18)8-7-12-5-3-4-6-13(12)15(19)20/h3-6H,2,7-11H2,1H3,(H,17,18)(H,19,20). The van der Waals surface area contributed by atoms with Crippen LogP contribution >= 0.6 is 0 Å². The van der Waals surface area contributed by atoms with Crippen LogP contribution in [-0.2, 0) is 11.2 Å². The van der Waals surface area contributed by atoms with Gasteiger partial charge in [-0.05, 0) is 42.7 Å². The topological polar surface area (TPSA) is 66.4 Å². The molecule has 0 aliphatic heterocycles. The lowest BCUT2D eigenvalue weighted by atomic mass is 10.0. The molecule has 1 amide bonds. The van der Waals surface area contributed by atoms with Gasteiger partial charge in [0.05, 0.1) is 5.56 Å². The SMILES string of the molecule is CCC1(CNC(=O)CCc2ccccc2C(=O)O)CC1. The van der Waals surface area contributed by atoms with Crippen molar-refractivity contribution < 1.29 is 14.7 Å². The molecule has 2 N–H and O–H groups in total. The second-order valence-corrected chi connectivity index (χ2v) is 5.59. The molecule has 20 heavy (non-hydrogen) atoms. The van der Waals surface area contributed by atoms with Crippen molar-refractivity contribution in [1.82, 2.24) is 5.32 Å². The predicted molar refractivity (Wildman–Crippen MR) is 76.7 cm³/mol. The van der Waals surface area contributed by atoms with E-state index in [0.717, 1.165) is 13.0 Å². The molecule has 0 bridgehead atoms. The van der Waals surface area contributed by atoms with Gasteiger partial charge < -0.3 is 10.4 Å². The predicted octanol–water partition coefficient (Wildman–Crippen LogP) is 2.62. The lowest BCUT2D eigenvalue weighted by Crippen LogP contribution is -2.30. The Morgan fingerprint density at radius 2 is 2.00 bits per heavy atom. The van der Waals surface area contributed by atoms with Crippen LogP contribution in [0.4, 0.5) is 0 Å². The number of benzene rings is 1. The van der Waals surface area contributed by atoms with Crippen LogP contribution in [0.1, 0.15) is 48.5 Å². The summed E-state index contributed by atoms with van der Waals surface area (Å²) in [7, 11) is 0. The van der Waals surface area contributed by atoms with Crippen molar-refractivity contribution in [1.29, 1.82) is 0 Å². The van der Waals surface area contributed by atoms with Gasteiger partial charge in [0.1, 0.15) is 0 Å². The van der Waals surface area contributed by atoms with Crippen molar-refractivity contribution in [3.8, 4) is 0 Å². The molecule has 0 spiro atoms. The van der Waals surface area contributed by atoms with Crippen molar-refractivity contribution >= 4 is 11.9 Å². The van der Waals surface area contributed by atoms with Crippen LogP contribution < -0.4 is 5.32 Å². The molecule has 1 aliphatic rings. The van der Waals surface area contributed by atoms with Gasteiger partial charge in [-0.2, -0.15) is 0 Å². The Morgan fingerprint density at radius 1 is 1.30 bits per heavy atom. The summed E-state index contributed by atoms with van der Waals surface area (Å²) in [4.78, 5) is 22.9. The number of carbonyl (C=O) groups is 2. The summed E-state index contributed by atoms with van der Waals surface area (Å²) in [6, 6.07) is 6.85. The minimum Gasteiger partial charge on any atom is -0.478 e. The van der Waals surface area contributed by atoms with E-state index in [1.54, 1.807) is 24.3 Å². The highest BCUT2D eigenvalue weighted by atomic mass is 16.4. The number of aromatic carboxylic acids is 1. The maximum absolute atomic E-state index is 11.8. The van der Waals surface area contributed by atoms with E-state index in [1.807, 2.05) is 0 Å². The third kappa shape index (κ3) is 3.59. The largest absolute Gasteiger partial charge is 0.478 e. The van der Waals surface area contributed by atoms with Gasteiger partial charge in [0.2, 0.25) is 5.91 Å². The highest BCUT2D eigenvalue weighted by molar-refractivity contribution is 5.89. The van der Waals surface area contributed by atoms with Crippen molar-refractivity contribution in [3.63, 3.8) is 0 Å². The van der Waals surface area contributed by atoms with Crippen LogP contribution in [0.15, 0.2) is 24.3 Å². The second-order valence-electron chi connectivity index (χ2n) is 5.59. The molecule has 108 valence electrons. The first-order valence-electron chi connectivity index (χ1n) is 7.14. The number of carboxylic acid groups (broad SMARTS) is 1. The van der Waals surface area contributed by atoms with Crippen molar-refractivity contribution in [3.05, 3.63) is 35.4 Å². The van der Waals surface area contributed by atoms with Gasteiger partial charge in [-0.3, -0.25) is 4.79 Å². The molecule has 4 heteroatoms. The molecular formula is C16H21NO3. The van der Waals surface area contributed by atoms with Gasteiger partial charge in [0.15, 0.2) is 0 Å². The van der Waals surface area contributed by atoms with Crippen molar-refractivity contribution in [2.45, 2.75) is 39.0 Å². The summed E-state index contributed by atoms with van der Waals surface area (Å²) in [5.74, 6) is -0.936. The van der Waals surface area contributed by atoms with Crippen LogP contribution in [0.2, 0.25) is 0 Å². The van der Waals surface area contributed by atoms with E-state index in [4.69, 9.17) is 5.11 Å². The Bertz CT molecular complexity index is 506.